The van der Waals surface area contributed by atoms with Crippen molar-refractivity contribution in [1.82, 2.24) is 4.98 Å². The summed E-state index contributed by atoms with van der Waals surface area (Å²) < 4.78 is 5.94. The maximum absolute atomic E-state index is 13.2. The molecule has 0 aliphatic carbocycles. The molecule has 0 spiro atoms. The number of aromatic nitrogens is 1. The van der Waals surface area contributed by atoms with Crippen LogP contribution >= 0.6 is 11.3 Å². The standard InChI is InChI=1S/C28H43NO4S/c1-8-22-11-9-10-18(2)26(31)20(4)27(32)28(6,7)15-14-25(30)33-24(13-12-22)19(3)16-23-17-34-21(5)29-23/h12,16-18,20,24,26,31H,8-11,13-15H2,1-7H3/b19-16+,22-12-/t18-,20+,24+,26-/m0/s1. The molecule has 1 aromatic rings. The number of Topliss-reactive ketones (excluding diaryl/α,β-unsaturated/α-hetero) is 1. The highest BCUT2D eigenvalue weighted by Crippen LogP contribution is 2.32. The Labute approximate surface area is 209 Å². The van der Waals surface area contributed by atoms with Crippen molar-refractivity contribution >= 4 is 29.2 Å². The van der Waals surface area contributed by atoms with Gasteiger partial charge in [0.1, 0.15) is 11.9 Å². The van der Waals surface area contributed by atoms with Crippen molar-refractivity contribution in [2.45, 2.75) is 106 Å². The predicted octanol–water partition coefficient (Wildman–Crippen LogP) is 6.69. The fraction of sp³-hybridized carbons (Fsp3) is 0.679. The van der Waals surface area contributed by atoms with E-state index >= 15 is 0 Å². The Morgan fingerprint density at radius 3 is 2.62 bits per heavy atom. The summed E-state index contributed by atoms with van der Waals surface area (Å²) in [7, 11) is 0. The number of esters is 1. The minimum atomic E-state index is -0.704. The first-order valence-corrected chi connectivity index (χ1v) is 13.5. The Hall–Kier alpha value is -1.79. The number of nitrogens with zero attached hydrogens (tertiary/aromatic N) is 1. The minimum Gasteiger partial charge on any atom is -0.457 e. The summed E-state index contributed by atoms with van der Waals surface area (Å²) >= 11 is 1.60. The van der Waals surface area contributed by atoms with Crippen LogP contribution in [0, 0.1) is 24.2 Å². The maximum Gasteiger partial charge on any atom is 0.306 e. The van der Waals surface area contributed by atoms with Crippen molar-refractivity contribution in [3.63, 3.8) is 0 Å². The molecule has 0 saturated carbocycles. The molecule has 1 aliphatic rings. The number of cyclic esters (lactones) is 1. The lowest BCUT2D eigenvalue weighted by molar-refractivity contribution is -0.148. The monoisotopic (exact) mass is 489 g/mol. The summed E-state index contributed by atoms with van der Waals surface area (Å²) in [5, 5.41) is 13.8. The van der Waals surface area contributed by atoms with Gasteiger partial charge in [-0.15, -0.1) is 11.3 Å². The van der Waals surface area contributed by atoms with E-state index in [9.17, 15) is 14.7 Å². The highest BCUT2D eigenvalue weighted by atomic mass is 32.1. The number of thiazole rings is 1. The Morgan fingerprint density at radius 1 is 1.29 bits per heavy atom. The van der Waals surface area contributed by atoms with E-state index in [2.05, 4.69) is 18.0 Å². The first-order valence-electron chi connectivity index (χ1n) is 12.6. The molecule has 0 fully saturated rings. The fourth-order valence-electron chi connectivity index (χ4n) is 4.64. The molecule has 1 N–H and O–H groups in total. The Kier molecular flexibility index (Phi) is 10.7. The number of carbonyl (C=O) groups is 2. The molecule has 2 heterocycles. The van der Waals surface area contributed by atoms with Gasteiger partial charge in [-0.25, -0.2) is 4.98 Å². The molecule has 190 valence electrons. The van der Waals surface area contributed by atoms with Crippen LogP contribution < -0.4 is 0 Å². The molecule has 0 saturated heterocycles. The van der Waals surface area contributed by atoms with Crippen LogP contribution in [-0.4, -0.2) is 34.1 Å². The van der Waals surface area contributed by atoms with E-state index in [1.54, 1.807) is 11.3 Å². The predicted molar refractivity (Wildman–Crippen MR) is 140 cm³/mol. The van der Waals surface area contributed by atoms with E-state index in [1.165, 1.54) is 5.57 Å². The third-order valence-corrected chi connectivity index (χ3v) is 7.95. The number of aryl methyl sites for hydroxylation is 1. The average Bonchev–Trinajstić information content (AvgIpc) is 3.20. The van der Waals surface area contributed by atoms with Crippen molar-refractivity contribution in [2.75, 3.05) is 0 Å². The number of carbonyl (C=O) groups excluding carboxylic acids is 2. The number of hydrogen-bond acceptors (Lipinski definition) is 6. The molecule has 34 heavy (non-hydrogen) atoms. The van der Waals surface area contributed by atoms with Gasteiger partial charge >= 0.3 is 5.97 Å². The number of aliphatic hydroxyl groups excluding tert-OH is 1. The smallest absolute Gasteiger partial charge is 0.306 e. The maximum atomic E-state index is 13.2. The van der Waals surface area contributed by atoms with Gasteiger partial charge in [0, 0.05) is 29.6 Å². The molecule has 0 unspecified atom stereocenters. The molecule has 2 rings (SSSR count). The molecular weight excluding hydrogens is 446 g/mol. The van der Waals surface area contributed by atoms with E-state index in [1.807, 2.05) is 53.0 Å². The van der Waals surface area contributed by atoms with Crippen molar-refractivity contribution < 1.29 is 19.4 Å². The second kappa shape index (κ2) is 12.8. The Morgan fingerprint density at radius 2 is 2.00 bits per heavy atom. The molecule has 1 aliphatic heterocycles. The van der Waals surface area contributed by atoms with Gasteiger partial charge in [-0.1, -0.05) is 46.3 Å². The van der Waals surface area contributed by atoms with Crippen LogP contribution in [0.15, 0.2) is 22.6 Å². The number of ketones is 1. The Balaban J connectivity index is 2.31. The normalized spacial score (nSPS) is 29.9. The van der Waals surface area contributed by atoms with Gasteiger partial charge in [-0.2, -0.15) is 0 Å². The zero-order valence-electron chi connectivity index (χ0n) is 22.0. The van der Waals surface area contributed by atoms with Crippen LogP contribution in [0.2, 0.25) is 0 Å². The molecule has 1 aromatic heterocycles. The number of rotatable bonds is 3. The molecule has 5 nitrogen and oxygen atoms in total. The summed E-state index contributed by atoms with van der Waals surface area (Å²) in [4.78, 5) is 30.5. The van der Waals surface area contributed by atoms with Crippen LogP contribution in [0.4, 0.5) is 0 Å². The molecule has 6 heteroatoms. The van der Waals surface area contributed by atoms with Gasteiger partial charge in [0.15, 0.2) is 0 Å². The number of hydrogen-bond donors (Lipinski definition) is 1. The molecule has 4 atom stereocenters. The lowest BCUT2D eigenvalue weighted by Crippen LogP contribution is -2.39. The van der Waals surface area contributed by atoms with E-state index in [-0.39, 0.29) is 30.2 Å². The lowest BCUT2D eigenvalue weighted by Gasteiger charge is -2.31. The molecule has 0 bridgehead atoms. The first-order chi connectivity index (χ1) is 15.9. The average molecular weight is 490 g/mol. The zero-order valence-corrected chi connectivity index (χ0v) is 22.8. The van der Waals surface area contributed by atoms with Crippen molar-refractivity contribution in [2.24, 2.45) is 17.3 Å². The zero-order chi connectivity index (χ0) is 25.5. The van der Waals surface area contributed by atoms with Gasteiger partial charge < -0.3 is 9.84 Å². The van der Waals surface area contributed by atoms with Gasteiger partial charge in [0.2, 0.25) is 0 Å². The summed E-state index contributed by atoms with van der Waals surface area (Å²) in [6.45, 7) is 13.7. The Bertz CT molecular complexity index is 898. The highest BCUT2D eigenvalue weighted by Gasteiger charge is 2.36. The quantitative estimate of drug-likeness (QED) is 0.378. The fourth-order valence-corrected chi connectivity index (χ4v) is 5.21. The summed E-state index contributed by atoms with van der Waals surface area (Å²) in [6, 6.07) is 0. The minimum absolute atomic E-state index is 0.00687. The second-order valence-electron chi connectivity index (χ2n) is 10.5. The van der Waals surface area contributed by atoms with Gasteiger partial charge in [0.05, 0.1) is 16.8 Å². The number of aliphatic hydroxyl groups is 1. The van der Waals surface area contributed by atoms with Gasteiger partial charge in [-0.3, -0.25) is 9.59 Å². The number of ether oxygens (including phenoxy) is 1. The van der Waals surface area contributed by atoms with E-state index in [0.29, 0.717) is 12.8 Å². The van der Waals surface area contributed by atoms with Crippen LogP contribution in [-0.2, 0) is 14.3 Å². The molecular formula is C28H43NO4S. The van der Waals surface area contributed by atoms with E-state index < -0.39 is 17.4 Å². The van der Waals surface area contributed by atoms with Crippen molar-refractivity contribution in [3.8, 4) is 0 Å². The molecule has 0 aromatic carbocycles. The third-order valence-electron chi connectivity index (χ3n) is 7.16. The van der Waals surface area contributed by atoms with Crippen molar-refractivity contribution in [3.05, 3.63) is 33.3 Å². The largest absolute Gasteiger partial charge is 0.457 e. The number of allylic oxidation sites excluding steroid dienone is 1. The summed E-state index contributed by atoms with van der Waals surface area (Å²) in [5.41, 5.74) is 2.48. The van der Waals surface area contributed by atoms with Gasteiger partial charge in [0.25, 0.3) is 0 Å². The van der Waals surface area contributed by atoms with E-state index in [4.69, 9.17) is 4.74 Å². The molecule has 0 amide bonds. The van der Waals surface area contributed by atoms with Crippen LogP contribution in [0.3, 0.4) is 0 Å². The summed E-state index contributed by atoms with van der Waals surface area (Å²) in [6.07, 6.45) is 8.07. The lowest BCUT2D eigenvalue weighted by atomic mass is 9.74. The van der Waals surface area contributed by atoms with Crippen LogP contribution in [0.25, 0.3) is 6.08 Å². The van der Waals surface area contributed by atoms with Crippen molar-refractivity contribution in [1.29, 1.82) is 0 Å². The third kappa shape index (κ3) is 8.16. The summed E-state index contributed by atoms with van der Waals surface area (Å²) in [5.74, 6) is -0.708. The molecule has 0 radical (unpaired) electrons. The SMILES string of the molecule is CC/C1=C/C[C@H](/C(C)=C/c2csc(C)n2)OC(=O)CCC(C)(C)C(=O)[C@H](C)[C@@H](O)[C@@H](C)CCC1. The first kappa shape index (κ1) is 28.4. The highest BCUT2D eigenvalue weighted by molar-refractivity contribution is 7.09. The second-order valence-corrected chi connectivity index (χ2v) is 11.6. The van der Waals surface area contributed by atoms with E-state index in [0.717, 1.165) is 42.0 Å². The topological polar surface area (TPSA) is 76.5 Å². The van der Waals surface area contributed by atoms with Crippen LogP contribution in [0.5, 0.6) is 0 Å². The van der Waals surface area contributed by atoms with Crippen LogP contribution in [0.1, 0.15) is 97.2 Å². The van der Waals surface area contributed by atoms with Gasteiger partial charge in [-0.05, 0) is 63.5 Å².